The van der Waals surface area contributed by atoms with Crippen molar-refractivity contribution in [2.24, 2.45) is 0 Å². The molecule has 2 rings (SSSR count). The van der Waals surface area contributed by atoms with Crippen molar-refractivity contribution < 1.29 is 13.2 Å². The molecular formula is C12H21N3O3S. The van der Waals surface area contributed by atoms with Gasteiger partial charge in [0.1, 0.15) is 5.82 Å². The number of rotatable bonds is 2. The van der Waals surface area contributed by atoms with Crippen LogP contribution in [0.25, 0.3) is 0 Å². The van der Waals surface area contributed by atoms with Crippen LogP contribution < -0.4 is 0 Å². The zero-order valence-corrected chi connectivity index (χ0v) is 12.8. The van der Waals surface area contributed by atoms with Crippen molar-refractivity contribution in [3.63, 3.8) is 0 Å². The Morgan fingerprint density at radius 2 is 1.79 bits per heavy atom. The van der Waals surface area contributed by atoms with E-state index in [2.05, 4.69) is 9.97 Å². The summed E-state index contributed by atoms with van der Waals surface area (Å²) >= 11 is 0. The Morgan fingerprint density at radius 3 is 2.21 bits per heavy atom. The quantitative estimate of drug-likeness (QED) is 0.889. The molecule has 7 heteroatoms. The minimum Gasteiger partial charge on any atom is -0.367 e. The number of H-pyrrole nitrogens is 1. The van der Waals surface area contributed by atoms with E-state index in [0.717, 1.165) is 0 Å². The predicted octanol–water partition coefficient (Wildman–Crippen LogP) is 1.30. The van der Waals surface area contributed by atoms with Gasteiger partial charge in [-0.2, -0.15) is 4.31 Å². The molecule has 2 heterocycles. The summed E-state index contributed by atoms with van der Waals surface area (Å²) in [6, 6.07) is 0. The first kappa shape index (κ1) is 14.5. The fourth-order valence-electron chi connectivity index (χ4n) is 2.56. The lowest BCUT2D eigenvalue weighted by Gasteiger charge is -2.46. The van der Waals surface area contributed by atoms with Gasteiger partial charge in [-0.25, -0.2) is 13.4 Å². The van der Waals surface area contributed by atoms with Gasteiger partial charge in [-0.3, -0.25) is 0 Å². The second kappa shape index (κ2) is 4.29. The van der Waals surface area contributed by atoms with E-state index in [9.17, 15) is 8.42 Å². The monoisotopic (exact) mass is 287 g/mol. The first-order chi connectivity index (χ1) is 8.52. The maximum Gasteiger partial charge on any atom is 0.260 e. The Labute approximate surface area is 114 Å². The van der Waals surface area contributed by atoms with Crippen molar-refractivity contribution in [1.29, 1.82) is 0 Å². The van der Waals surface area contributed by atoms with Gasteiger partial charge in [0, 0.05) is 13.1 Å². The summed E-state index contributed by atoms with van der Waals surface area (Å²) in [7, 11) is -3.55. The Hall–Kier alpha value is -0.920. The Balaban J connectivity index is 2.35. The molecule has 6 nitrogen and oxygen atoms in total. The summed E-state index contributed by atoms with van der Waals surface area (Å²) in [5.74, 6) is 0.588. The molecule has 1 aromatic rings. The molecule has 1 aliphatic heterocycles. The first-order valence-corrected chi connectivity index (χ1v) is 7.68. The fourth-order valence-corrected chi connectivity index (χ4v) is 4.26. The van der Waals surface area contributed by atoms with Crippen molar-refractivity contribution in [3.8, 4) is 0 Å². The molecule has 0 saturated carbocycles. The van der Waals surface area contributed by atoms with Gasteiger partial charge in [-0.05, 0) is 34.6 Å². The van der Waals surface area contributed by atoms with Crippen LogP contribution in [0.5, 0.6) is 0 Å². The number of hydrogen-bond acceptors (Lipinski definition) is 4. The molecule has 0 spiro atoms. The average Bonchev–Trinajstić information content (AvgIpc) is 2.60. The Kier molecular flexibility index (Phi) is 3.27. The number of ether oxygens (including phenoxy) is 1. The van der Waals surface area contributed by atoms with E-state index < -0.39 is 21.2 Å². The molecule has 0 bridgehead atoms. The molecule has 1 saturated heterocycles. The standard InChI is InChI=1S/C12H21N3O3S/c1-9-13-6-10(14-9)19(16,17)15-7-11(2,3)18-12(4,5)8-15/h6H,7-8H2,1-5H3,(H,13,14). The zero-order valence-electron chi connectivity index (χ0n) is 12.0. The number of hydrogen-bond donors (Lipinski definition) is 1. The topological polar surface area (TPSA) is 75.3 Å². The maximum absolute atomic E-state index is 12.6. The molecule has 0 atom stereocenters. The van der Waals surface area contributed by atoms with Gasteiger partial charge in [0.25, 0.3) is 10.0 Å². The minimum atomic E-state index is -3.55. The summed E-state index contributed by atoms with van der Waals surface area (Å²) in [4.78, 5) is 6.74. The summed E-state index contributed by atoms with van der Waals surface area (Å²) in [5.41, 5.74) is -1.02. The number of aromatic amines is 1. The highest BCUT2D eigenvalue weighted by Gasteiger charge is 2.43. The van der Waals surface area contributed by atoms with Gasteiger partial charge in [0.05, 0.1) is 17.4 Å². The first-order valence-electron chi connectivity index (χ1n) is 6.24. The van der Waals surface area contributed by atoms with Crippen LogP contribution in [0.2, 0.25) is 0 Å². The van der Waals surface area contributed by atoms with Gasteiger partial charge in [0.2, 0.25) is 0 Å². The normalized spacial score (nSPS) is 23.4. The number of aryl methyl sites for hydroxylation is 1. The highest BCUT2D eigenvalue weighted by Crippen LogP contribution is 2.31. The van der Waals surface area contributed by atoms with Crippen molar-refractivity contribution >= 4 is 10.0 Å². The zero-order chi connectivity index (χ0) is 14.5. The van der Waals surface area contributed by atoms with Crippen molar-refractivity contribution in [3.05, 3.63) is 12.0 Å². The number of imidazole rings is 1. The summed E-state index contributed by atoms with van der Waals surface area (Å²) in [6.45, 7) is 9.98. The van der Waals surface area contributed by atoms with Crippen LogP contribution in [0.15, 0.2) is 11.2 Å². The molecule has 108 valence electrons. The van der Waals surface area contributed by atoms with Crippen LogP contribution in [-0.4, -0.2) is 47.0 Å². The summed E-state index contributed by atoms with van der Waals surface area (Å²) < 4.78 is 32.5. The molecule has 0 aliphatic carbocycles. The van der Waals surface area contributed by atoms with Crippen molar-refractivity contribution in [2.45, 2.75) is 50.8 Å². The third-order valence-corrected chi connectivity index (χ3v) is 4.67. The van der Waals surface area contributed by atoms with Crippen LogP contribution in [0.4, 0.5) is 0 Å². The number of morpholine rings is 1. The van der Waals surface area contributed by atoms with E-state index >= 15 is 0 Å². The van der Waals surface area contributed by atoms with Crippen molar-refractivity contribution in [2.75, 3.05) is 13.1 Å². The second-order valence-corrected chi connectivity index (χ2v) is 8.13. The van der Waals surface area contributed by atoms with Crippen LogP contribution in [-0.2, 0) is 14.8 Å². The number of aromatic nitrogens is 2. The Morgan fingerprint density at radius 1 is 1.26 bits per heavy atom. The molecule has 1 aliphatic rings. The highest BCUT2D eigenvalue weighted by atomic mass is 32.2. The summed E-state index contributed by atoms with van der Waals surface area (Å²) in [5, 5.41) is 0.138. The molecule has 1 fully saturated rings. The average molecular weight is 287 g/mol. The molecule has 0 aromatic carbocycles. The number of nitrogens with zero attached hydrogens (tertiary/aromatic N) is 2. The fraction of sp³-hybridized carbons (Fsp3) is 0.750. The molecule has 1 aromatic heterocycles. The lowest BCUT2D eigenvalue weighted by molar-refractivity contribution is -0.163. The molecule has 19 heavy (non-hydrogen) atoms. The smallest absolute Gasteiger partial charge is 0.260 e. The molecule has 1 N–H and O–H groups in total. The van der Waals surface area contributed by atoms with E-state index in [1.807, 2.05) is 27.7 Å². The molecular weight excluding hydrogens is 266 g/mol. The highest BCUT2D eigenvalue weighted by molar-refractivity contribution is 7.89. The molecule has 0 radical (unpaired) electrons. The van der Waals surface area contributed by atoms with E-state index in [0.29, 0.717) is 18.9 Å². The number of sulfonamides is 1. The van der Waals surface area contributed by atoms with Gasteiger partial charge >= 0.3 is 0 Å². The van der Waals surface area contributed by atoms with E-state index in [1.165, 1.54) is 10.5 Å². The van der Waals surface area contributed by atoms with Crippen LogP contribution >= 0.6 is 0 Å². The predicted molar refractivity (Wildman–Crippen MR) is 71.3 cm³/mol. The maximum atomic E-state index is 12.6. The lowest BCUT2D eigenvalue weighted by Crippen LogP contribution is -2.58. The lowest BCUT2D eigenvalue weighted by atomic mass is 10.0. The molecule has 0 unspecified atom stereocenters. The minimum absolute atomic E-state index is 0.138. The van der Waals surface area contributed by atoms with Crippen LogP contribution in [0, 0.1) is 6.92 Å². The summed E-state index contributed by atoms with van der Waals surface area (Å²) in [6.07, 6.45) is 1.36. The van der Waals surface area contributed by atoms with Crippen LogP contribution in [0.1, 0.15) is 33.5 Å². The van der Waals surface area contributed by atoms with Gasteiger partial charge in [0.15, 0.2) is 5.03 Å². The Bertz CT molecular complexity index is 559. The van der Waals surface area contributed by atoms with E-state index in [4.69, 9.17) is 4.74 Å². The number of nitrogens with one attached hydrogen (secondary N) is 1. The SMILES string of the molecule is Cc1ncc(S(=O)(=O)N2CC(C)(C)OC(C)(C)C2)[nH]1. The van der Waals surface area contributed by atoms with Crippen molar-refractivity contribution in [1.82, 2.24) is 14.3 Å². The molecule has 0 amide bonds. The van der Waals surface area contributed by atoms with Gasteiger partial charge in [-0.15, -0.1) is 0 Å². The van der Waals surface area contributed by atoms with E-state index in [1.54, 1.807) is 6.92 Å². The van der Waals surface area contributed by atoms with Gasteiger partial charge in [-0.1, -0.05) is 0 Å². The van der Waals surface area contributed by atoms with E-state index in [-0.39, 0.29) is 5.03 Å². The second-order valence-electron chi connectivity index (χ2n) is 6.23. The third-order valence-electron chi connectivity index (χ3n) is 2.96. The van der Waals surface area contributed by atoms with Gasteiger partial charge < -0.3 is 9.72 Å². The van der Waals surface area contributed by atoms with Crippen LogP contribution in [0.3, 0.4) is 0 Å². The largest absolute Gasteiger partial charge is 0.367 e. The third kappa shape index (κ3) is 2.98.